The van der Waals surface area contributed by atoms with Gasteiger partial charge in [-0.25, -0.2) is 9.67 Å². The predicted molar refractivity (Wildman–Crippen MR) is 97.5 cm³/mol. The molecule has 0 saturated heterocycles. The summed E-state index contributed by atoms with van der Waals surface area (Å²) in [6.45, 7) is 7.83. The second kappa shape index (κ2) is 6.40. The van der Waals surface area contributed by atoms with Crippen LogP contribution in [-0.2, 0) is 13.1 Å². The summed E-state index contributed by atoms with van der Waals surface area (Å²) in [5, 5.41) is 9.02. The zero-order chi connectivity index (χ0) is 18.3. The van der Waals surface area contributed by atoms with Crippen LogP contribution in [0, 0.1) is 6.92 Å². The third-order valence-corrected chi connectivity index (χ3v) is 4.81. The predicted octanol–water partition coefficient (Wildman–Crippen LogP) is 2.69. The molecule has 1 amide bonds. The average Bonchev–Trinajstić information content (AvgIpc) is 3.26. The molecule has 1 atom stereocenters. The molecule has 134 valence electrons. The fraction of sp³-hybridized carbons (Fsp3) is 0.368. The minimum Gasteiger partial charge on any atom is -0.325 e. The summed E-state index contributed by atoms with van der Waals surface area (Å²) in [5.74, 6) is 1.52. The maximum Gasteiger partial charge on any atom is 0.272 e. The van der Waals surface area contributed by atoms with Crippen molar-refractivity contribution in [3.63, 3.8) is 0 Å². The Morgan fingerprint density at radius 3 is 2.69 bits per heavy atom. The van der Waals surface area contributed by atoms with E-state index in [9.17, 15) is 4.79 Å². The fourth-order valence-electron chi connectivity index (χ4n) is 3.46. The first kappa shape index (κ1) is 16.5. The van der Waals surface area contributed by atoms with E-state index < -0.39 is 0 Å². The Hall–Kier alpha value is -2.96. The maximum atomic E-state index is 13.1. The van der Waals surface area contributed by atoms with Crippen LogP contribution in [0.25, 0.3) is 11.4 Å². The van der Waals surface area contributed by atoms with Crippen LogP contribution >= 0.6 is 0 Å². The van der Waals surface area contributed by atoms with Gasteiger partial charge in [0.2, 0.25) is 0 Å². The number of nitrogens with zero attached hydrogens (tertiary/aromatic N) is 6. The minimum absolute atomic E-state index is 0.00420. The summed E-state index contributed by atoms with van der Waals surface area (Å²) in [7, 11) is 0. The second-order valence-electron chi connectivity index (χ2n) is 6.54. The number of benzene rings is 1. The molecule has 0 saturated carbocycles. The number of hydrogen-bond acceptors (Lipinski definition) is 4. The Morgan fingerprint density at radius 1 is 1.19 bits per heavy atom. The number of amides is 1. The maximum absolute atomic E-state index is 13.1. The van der Waals surface area contributed by atoms with Crippen LogP contribution in [0.2, 0.25) is 0 Å². The lowest BCUT2D eigenvalue weighted by molar-refractivity contribution is 0.0618. The minimum atomic E-state index is -0.137. The molecule has 0 bridgehead atoms. The van der Waals surface area contributed by atoms with Crippen LogP contribution in [0.15, 0.2) is 36.4 Å². The number of aromatic nitrogens is 5. The van der Waals surface area contributed by atoms with Crippen molar-refractivity contribution in [3.05, 3.63) is 53.6 Å². The van der Waals surface area contributed by atoms with Crippen molar-refractivity contribution in [2.45, 2.75) is 39.9 Å². The molecular weight excluding hydrogens is 328 g/mol. The molecule has 1 aromatic carbocycles. The molecule has 0 spiro atoms. The molecule has 3 heterocycles. The Kier molecular flexibility index (Phi) is 4.06. The highest BCUT2D eigenvalue weighted by Gasteiger charge is 2.32. The van der Waals surface area contributed by atoms with E-state index in [1.54, 1.807) is 4.68 Å². The van der Waals surface area contributed by atoms with Gasteiger partial charge < -0.3 is 4.90 Å². The molecule has 0 fully saturated rings. The zero-order valence-corrected chi connectivity index (χ0v) is 15.3. The Morgan fingerprint density at radius 2 is 1.96 bits per heavy atom. The van der Waals surface area contributed by atoms with E-state index in [1.807, 2.05) is 66.8 Å². The SMILES string of the molecule is CCn1nc(C)cc1C(=O)N1CCn2nc(-c3ccccc3)nc2[C@@H]1C. The van der Waals surface area contributed by atoms with Crippen LogP contribution in [0.5, 0.6) is 0 Å². The largest absolute Gasteiger partial charge is 0.325 e. The number of carbonyl (C=O) groups excluding carboxylic acids is 1. The van der Waals surface area contributed by atoms with Crippen LogP contribution in [0.1, 0.15) is 41.9 Å². The summed E-state index contributed by atoms with van der Waals surface area (Å²) >= 11 is 0. The van der Waals surface area contributed by atoms with Crippen LogP contribution in [-0.4, -0.2) is 41.9 Å². The van der Waals surface area contributed by atoms with Gasteiger partial charge in [0.05, 0.1) is 18.3 Å². The van der Waals surface area contributed by atoms with Gasteiger partial charge in [0.25, 0.3) is 5.91 Å². The normalized spacial score (nSPS) is 16.6. The van der Waals surface area contributed by atoms with E-state index in [1.165, 1.54) is 0 Å². The first-order valence-electron chi connectivity index (χ1n) is 8.94. The van der Waals surface area contributed by atoms with Crippen molar-refractivity contribution < 1.29 is 4.79 Å². The highest BCUT2D eigenvalue weighted by molar-refractivity contribution is 5.93. The van der Waals surface area contributed by atoms with Gasteiger partial charge in [-0.2, -0.15) is 10.2 Å². The van der Waals surface area contributed by atoms with Gasteiger partial charge in [0, 0.05) is 18.7 Å². The van der Waals surface area contributed by atoms with Gasteiger partial charge in [-0.05, 0) is 26.8 Å². The molecule has 1 aliphatic heterocycles. The van der Waals surface area contributed by atoms with E-state index >= 15 is 0 Å². The summed E-state index contributed by atoms with van der Waals surface area (Å²) in [6, 6.07) is 11.6. The van der Waals surface area contributed by atoms with Crippen molar-refractivity contribution in [1.82, 2.24) is 29.4 Å². The Balaban J connectivity index is 1.65. The first-order chi connectivity index (χ1) is 12.6. The smallest absolute Gasteiger partial charge is 0.272 e. The van der Waals surface area contributed by atoms with Gasteiger partial charge >= 0.3 is 0 Å². The molecular formula is C19H22N6O. The van der Waals surface area contributed by atoms with E-state index in [-0.39, 0.29) is 11.9 Å². The molecule has 2 aromatic heterocycles. The van der Waals surface area contributed by atoms with Crippen molar-refractivity contribution in [2.75, 3.05) is 6.54 Å². The van der Waals surface area contributed by atoms with E-state index in [2.05, 4.69) is 10.2 Å². The zero-order valence-electron chi connectivity index (χ0n) is 15.3. The topological polar surface area (TPSA) is 68.8 Å². The van der Waals surface area contributed by atoms with Crippen molar-refractivity contribution >= 4 is 5.91 Å². The summed E-state index contributed by atoms with van der Waals surface area (Å²) < 4.78 is 3.68. The standard InChI is InChI=1S/C19H22N6O/c1-4-24-16(12-13(2)21-24)19(26)23-10-11-25-18(14(23)3)20-17(22-25)15-8-6-5-7-9-15/h5-9,12,14H,4,10-11H2,1-3H3/t14-/m0/s1. The molecule has 0 aliphatic carbocycles. The van der Waals surface area contributed by atoms with E-state index in [0.29, 0.717) is 31.2 Å². The molecule has 3 aromatic rings. The van der Waals surface area contributed by atoms with Crippen LogP contribution in [0.4, 0.5) is 0 Å². The van der Waals surface area contributed by atoms with Crippen molar-refractivity contribution in [2.24, 2.45) is 0 Å². The number of aryl methyl sites for hydroxylation is 2. The van der Waals surface area contributed by atoms with Gasteiger partial charge in [-0.1, -0.05) is 30.3 Å². The number of carbonyl (C=O) groups is 1. The highest BCUT2D eigenvalue weighted by Crippen LogP contribution is 2.27. The van der Waals surface area contributed by atoms with Gasteiger partial charge in [-0.15, -0.1) is 0 Å². The third-order valence-electron chi connectivity index (χ3n) is 4.81. The van der Waals surface area contributed by atoms with Crippen molar-refractivity contribution in [3.8, 4) is 11.4 Å². The fourth-order valence-corrected chi connectivity index (χ4v) is 3.46. The summed E-state index contributed by atoms with van der Waals surface area (Å²) in [6.07, 6.45) is 0. The highest BCUT2D eigenvalue weighted by atomic mass is 16.2. The lowest BCUT2D eigenvalue weighted by Gasteiger charge is -2.32. The van der Waals surface area contributed by atoms with Gasteiger partial charge in [-0.3, -0.25) is 9.48 Å². The summed E-state index contributed by atoms with van der Waals surface area (Å²) in [5.41, 5.74) is 2.47. The number of hydrogen-bond donors (Lipinski definition) is 0. The molecule has 4 rings (SSSR count). The second-order valence-corrected chi connectivity index (χ2v) is 6.54. The molecule has 7 heteroatoms. The van der Waals surface area contributed by atoms with E-state index in [0.717, 1.165) is 17.1 Å². The lowest BCUT2D eigenvalue weighted by atomic mass is 10.2. The molecule has 26 heavy (non-hydrogen) atoms. The molecule has 0 unspecified atom stereocenters. The quantitative estimate of drug-likeness (QED) is 0.728. The lowest BCUT2D eigenvalue weighted by Crippen LogP contribution is -2.42. The molecule has 1 aliphatic rings. The van der Waals surface area contributed by atoms with Gasteiger partial charge in [0.1, 0.15) is 11.5 Å². The number of fused-ring (bicyclic) bond motifs is 1. The van der Waals surface area contributed by atoms with Crippen molar-refractivity contribution in [1.29, 1.82) is 0 Å². The Bertz CT molecular complexity index is 942. The molecule has 0 N–H and O–H groups in total. The average molecular weight is 350 g/mol. The first-order valence-corrected chi connectivity index (χ1v) is 8.94. The summed E-state index contributed by atoms with van der Waals surface area (Å²) in [4.78, 5) is 19.7. The van der Waals surface area contributed by atoms with Crippen LogP contribution < -0.4 is 0 Å². The molecule has 7 nitrogen and oxygen atoms in total. The van der Waals surface area contributed by atoms with Gasteiger partial charge in [0.15, 0.2) is 5.82 Å². The monoisotopic (exact) mass is 350 g/mol. The molecule has 0 radical (unpaired) electrons. The van der Waals surface area contributed by atoms with Crippen LogP contribution in [0.3, 0.4) is 0 Å². The number of rotatable bonds is 3. The van der Waals surface area contributed by atoms with E-state index in [4.69, 9.17) is 4.98 Å². The third kappa shape index (κ3) is 2.69. The Labute approximate surface area is 152 Å².